The molecule has 0 spiro atoms. The van der Waals surface area contributed by atoms with E-state index in [0.717, 1.165) is 15.6 Å². The molecule has 0 unspecified atom stereocenters. The predicted octanol–water partition coefficient (Wildman–Crippen LogP) is 3.35. The Labute approximate surface area is 126 Å². The third-order valence-corrected chi connectivity index (χ3v) is 3.15. The molecule has 0 bridgehead atoms. The number of methoxy groups -OCH3 is 1. The Morgan fingerprint density at radius 2 is 1.85 bits per heavy atom. The van der Waals surface area contributed by atoms with Gasteiger partial charge in [-0.1, -0.05) is 28.1 Å². The van der Waals surface area contributed by atoms with Gasteiger partial charge in [0.2, 0.25) is 0 Å². The van der Waals surface area contributed by atoms with Crippen molar-refractivity contribution in [3.63, 3.8) is 0 Å². The molecule has 0 aliphatic heterocycles. The maximum absolute atomic E-state index is 11.6. The van der Waals surface area contributed by atoms with Gasteiger partial charge in [-0.2, -0.15) is 0 Å². The van der Waals surface area contributed by atoms with E-state index in [1.54, 1.807) is 6.92 Å². The Balaban J connectivity index is 2.91. The number of benzene rings is 1. The number of ether oxygens (including phenoxy) is 2. The fraction of sp³-hybridized carbons (Fsp3) is 0.333. The lowest BCUT2D eigenvalue weighted by atomic mass is 10.0. The molecule has 5 heteroatoms. The molecule has 0 atom stereocenters. The Bertz CT molecular complexity index is 491. The quantitative estimate of drug-likeness (QED) is 0.588. The summed E-state index contributed by atoms with van der Waals surface area (Å²) in [6.07, 6.45) is 2.07. The lowest BCUT2D eigenvalue weighted by molar-refractivity contribution is -0.140. The second-order valence-corrected chi connectivity index (χ2v) is 4.92. The summed E-state index contributed by atoms with van der Waals surface area (Å²) < 4.78 is 10.5. The van der Waals surface area contributed by atoms with E-state index in [0.29, 0.717) is 13.0 Å². The van der Waals surface area contributed by atoms with Crippen molar-refractivity contribution in [2.45, 2.75) is 19.8 Å². The normalized spacial score (nSPS) is 11.1. The smallest absolute Gasteiger partial charge is 0.331 e. The second kappa shape index (κ2) is 8.53. The zero-order valence-corrected chi connectivity index (χ0v) is 13.1. The molecule has 0 saturated heterocycles. The summed E-state index contributed by atoms with van der Waals surface area (Å²) in [5, 5.41) is 0. The van der Waals surface area contributed by atoms with Crippen LogP contribution in [0.2, 0.25) is 0 Å². The number of hydrogen-bond acceptors (Lipinski definition) is 4. The molecule has 0 aromatic heterocycles. The van der Waals surface area contributed by atoms with Crippen molar-refractivity contribution in [1.29, 1.82) is 0 Å². The number of halogens is 1. The highest BCUT2D eigenvalue weighted by atomic mass is 79.9. The molecule has 0 heterocycles. The molecule has 4 nitrogen and oxygen atoms in total. The summed E-state index contributed by atoms with van der Waals surface area (Å²) >= 11 is 3.36. The van der Waals surface area contributed by atoms with Crippen molar-refractivity contribution < 1.29 is 19.1 Å². The van der Waals surface area contributed by atoms with Crippen LogP contribution in [0.5, 0.6) is 0 Å². The Kier molecular flexibility index (Phi) is 7.01. The van der Waals surface area contributed by atoms with Crippen LogP contribution in [0.15, 0.2) is 34.8 Å². The van der Waals surface area contributed by atoms with Crippen LogP contribution < -0.4 is 0 Å². The van der Waals surface area contributed by atoms with Gasteiger partial charge in [0.1, 0.15) is 0 Å². The lowest BCUT2D eigenvalue weighted by Crippen LogP contribution is -2.04. The lowest BCUT2D eigenvalue weighted by Gasteiger charge is -2.08. The highest BCUT2D eigenvalue weighted by Crippen LogP contribution is 2.22. The summed E-state index contributed by atoms with van der Waals surface area (Å²) in [4.78, 5) is 22.8. The Morgan fingerprint density at radius 1 is 1.20 bits per heavy atom. The molecule has 1 aromatic carbocycles. The summed E-state index contributed by atoms with van der Waals surface area (Å²) in [5.41, 5.74) is 1.63. The zero-order chi connectivity index (χ0) is 15.0. The Hall–Kier alpha value is -1.62. The summed E-state index contributed by atoms with van der Waals surface area (Å²) in [6.45, 7) is 2.07. The van der Waals surface area contributed by atoms with Gasteiger partial charge in [-0.3, -0.25) is 4.79 Å². The highest BCUT2D eigenvalue weighted by Gasteiger charge is 2.09. The first-order chi connectivity index (χ1) is 9.56. The van der Waals surface area contributed by atoms with Crippen molar-refractivity contribution in [3.05, 3.63) is 40.4 Å². The van der Waals surface area contributed by atoms with E-state index in [1.165, 1.54) is 13.2 Å². The highest BCUT2D eigenvalue weighted by molar-refractivity contribution is 9.10. The number of esters is 2. The molecule has 0 aliphatic carbocycles. The number of hydrogen-bond donors (Lipinski definition) is 0. The molecule has 0 fully saturated rings. The maximum Gasteiger partial charge on any atom is 0.331 e. The van der Waals surface area contributed by atoms with Crippen LogP contribution in [-0.2, 0) is 19.1 Å². The van der Waals surface area contributed by atoms with Crippen LogP contribution in [0.25, 0.3) is 5.57 Å². The zero-order valence-electron chi connectivity index (χ0n) is 11.5. The third-order valence-electron chi connectivity index (χ3n) is 2.62. The van der Waals surface area contributed by atoms with Gasteiger partial charge in [-0.25, -0.2) is 4.79 Å². The standard InChI is InChI=1S/C15H17BrO4/c1-3-20-15(18)10-12(6-9-14(17)19-2)11-4-7-13(16)8-5-11/h4-5,7-8,10H,3,6,9H2,1-2H3/b12-10-. The van der Waals surface area contributed by atoms with Crippen LogP contribution >= 0.6 is 15.9 Å². The van der Waals surface area contributed by atoms with Crippen molar-refractivity contribution in [3.8, 4) is 0 Å². The largest absolute Gasteiger partial charge is 0.469 e. The maximum atomic E-state index is 11.6. The minimum atomic E-state index is -0.407. The van der Waals surface area contributed by atoms with Crippen molar-refractivity contribution in [2.75, 3.05) is 13.7 Å². The van der Waals surface area contributed by atoms with Crippen LogP contribution in [0.4, 0.5) is 0 Å². The van der Waals surface area contributed by atoms with Crippen LogP contribution in [0.1, 0.15) is 25.3 Å². The monoisotopic (exact) mass is 340 g/mol. The first kappa shape index (κ1) is 16.4. The Morgan fingerprint density at radius 3 is 2.40 bits per heavy atom. The molecule has 1 aromatic rings. The fourth-order valence-electron chi connectivity index (χ4n) is 1.63. The van der Waals surface area contributed by atoms with Gasteiger partial charge in [0.15, 0.2) is 0 Å². The van der Waals surface area contributed by atoms with Gasteiger partial charge < -0.3 is 9.47 Å². The fourth-order valence-corrected chi connectivity index (χ4v) is 1.89. The number of allylic oxidation sites excluding steroid dienone is 1. The first-order valence-electron chi connectivity index (χ1n) is 6.27. The van der Waals surface area contributed by atoms with E-state index in [4.69, 9.17) is 4.74 Å². The molecule has 0 amide bonds. The summed E-state index contributed by atoms with van der Waals surface area (Å²) in [6, 6.07) is 7.53. The van der Waals surface area contributed by atoms with Crippen molar-refractivity contribution in [2.24, 2.45) is 0 Å². The minimum Gasteiger partial charge on any atom is -0.469 e. The van der Waals surface area contributed by atoms with Gasteiger partial charge in [-0.05, 0) is 36.6 Å². The van der Waals surface area contributed by atoms with Crippen molar-refractivity contribution in [1.82, 2.24) is 0 Å². The summed E-state index contributed by atoms with van der Waals surface area (Å²) in [5.74, 6) is -0.716. The van der Waals surface area contributed by atoms with Gasteiger partial charge in [-0.15, -0.1) is 0 Å². The van der Waals surface area contributed by atoms with Gasteiger partial charge >= 0.3 is 11.9 Å². The van der Waals surface area contributed by atoms with Crippen molar-refractivity contribution >= 4 is 33.4 Å². The molecule has 0 aliphatic rings. The van der Waals surface area contributed by atoms with E-state index in [2.05, 4.69) is 20.7 Å². The number of carbonyl (C=O) groups excluding carboxylic acids is 2. The van der Waals surface area contributed by atoms with E-state index in [-0.39, 0.29) is 12.4 Å². The second-order valence-electron chi connectivity index (χ2n) is 4.00. The molecule has 0 radical (unpaired) electrons. The number of carbonyl (C=O) groups is 2. The average molecular weight is 341 g/mol. The van der Waals surface area contributed by atoms with Crippen LogP contribution in [0.3, 0.4) is 0 Å². The number of rotatable bonds is 6. The van der Waals surface area contributed by atoms with E-state index in [9.17, 15) is 9.59 Å². The summed E-state index contributed by atoms with van der Waals surface area (Å²) in [7, 11) is 1.34. The van der Waals surface area contributed by atoms with E-state index >= 15 is 0 Å². The molecule has 108 valence electrons. The third kappa shape index (κ3) is 5.57. The van der Waals surface area contributed by atoms with E-state index < -0.39 is 5.97 Å². The molecule has 0 saturated carbocycles. The van der Waals surface area contributed by atoms with Crippen LogP contribution in [0, 0.1) is 0 Å². The molecular weight excluding hydrogens is 324 g/mol. The van der Waals surface area contributed by atoms with Gasteiger partial charge in [0, 0.05) is 17.0 Å². The molecule has 0 N–H and O–H groups in total. The topological polar surface area (TPSA) is 52.6 Å². The molecule has 1 rings (SSSR count). The van der Waals surface area contributed by atoms with Gasteiger partial charge in [0.05, 0.1) is 13.7 Å². The predicted molar refractivity (Wildman–Crippen MR) is 80.0 cm³/mol. The minimum absolute atomic E-state index is 0.220. The van der Waals surface area contributed by atoms with Gasteiger partial charge in [0.25, 0.3) is 0 Å². The SMILES string of the molecule is CCOC(=O)/C=C(/CCC(=O)OC)c1ccc(Br)cc1. The average Bonchev–Trinajstić information content (AvgIpc) is 2.44. The van der Waals surface area contributed by atoms with Crippen LogP contribution in [-0.4, -0.2) is 25.7 Å². The first-order valence-corrected chi connectivity index (χ1v) is 7.06. The molecular formula is C15H17BrO4. The molecule has 20 heavy (non-hydrogen) atoms. The van der Waals surface area contributed by atoms with E-state index in [1.807, 2.05) is 24.3 Å².